The molecule has 0 saturated carbocycles. The summed E-state index contributed by atoms with van der Waals surface area (Å²) in [5, 5.41) is 15.2. The summed E-state index contributed by atoms with van der Waals surface area (Å²) in [6.07, 6.45) is 1.05. The number of anilines is 2. The smallest absolute Gasteiger partial charge is 0.323 e. The summed E-state index contributed by atoms with van der Waals surface area (Å²) in [4.78, 5) is 11.6. The van der Waals surface area contributed by atoms with Gasteiger partial charge in [-0.05, 0) is 30.7 Å². The van der Waals surface area contributed by atoms with E-state index in [2.05, 4.69) is 15.4 Å². The molecule has 0 bridgehead atoms. The Balaban J connectivity index is 2.19. The maximum absolute atomic E-state index is 12.5. The molecule has 2 aromatic rings. The number of aromatic hydroxyl groups is 1. The molecule has 0 heterocycles. The molecule has 2 amide bonds. The summed E-state index contributed by atoms with van der Waals surface area (Å²) in [6.45, 7) is -0.198. The number of phenols is 1. The van der Waals surface area contributed by atoms with E-state index in [1.54, 1.807) is 6.07 Å². The lowest BCUT2D eigenvalue weighted by Crippen LogP contribution is -2.27. The molecule has 0 aliphatic rings. The van der Waals surface area contributed by atoms with Crippen LogP contribution in [0, 0.1) is 0 Å². The number of carbonyl (C=O) groups excluding carboxylic acids is 1. The van der Waals surface area contributed by atoms with Gasteiger partial charge in [-0.15, -0.1) is 0 Å². The highest BCUT2D eigenvalue weighted by atomic mass is 35.5. The van der Waals surface area contributed by atoms with E-state index in [9.17, 15) is 26.7 Å². The Labute approximate surface area is 194 Å². The summed E-state index contributed by atoms with van der Waals surface area (Å²) in [5.74, 6) is -1.02. The number of urea groups is 1. The number of halogens is 3. The van der Waals surface area contributed by atoms with Gasteiger partial charge in [-0.25, -0.2) is 26.4 Å². The Morgan fingerprint density at radius 1 is 0.968 bits per heavy atom. The predicted molar refractivity (Wildman–Crippen MR) is 122 cm³/mol. The van der Waals surface area contributed by atoms with Crippen molar-refractivity contribution in [2.24, 2.45) is 0 Å². The normalized spacial score (nSPS) is 11.9. The van der Waals surface area contributed by atoms with Crippen molar-refractivity contribution in [2.45, 2.75) is 11.3 Å². The number of carbonyl (C=O) groups is 1. The second-order valence-corrected chi connectivity index (χ2v) is 11.5. The fourth-order valence-corrected chi connectivity index (χ4v) is 5.11. The molecule has 0 unspecified atom stereocenters. The van der Waals surface area contributed by atoms with Gasteiger partial charge in [0.25, 0.3) is 0 Å². The van der Waals surface area contributed by atoms with Crippen molar-refractivity contribution in [2.75, 3.05) is 29.2 Å². The molecule has 4 N–H and O–H groups in total. The highest BCUT2D eigenvalue weighted by Gasteiger charge is 2.25. The van der Waals surface area contributed by atoms with Crippen molar-refractivity contribution in [3.8, 4) is 5.75 Å². The molecule has 9 nitrogen and oxygen atoms in total. The molecule has 0 aliphatic heterocycles. The molecule has 2 aromatic carbocycles. The number of nitrogens with one attached hydrogen (secondary N) is 3. The zero-order chi connectivity index (χ0) is 23.4. The maximum Gasteiger partial charge on any atom is 0.323 e. The van der Waals surface area contributed by atoms with Crippen LogP contribution in [-0.2, 0) is 19.9 Å². The van der Waals surface area contributed by atoms with E-state index >= 15 is 0 Å². The molecule has 0 saturated heterocycles. The van der Waals surface area contributed by atoms with Crippen LogP contribution in [0.4, 0.5) is 16.2 Å². The summed E-state index contributed by atoms with van der Waals surface area (Å²) in [6, 6.07) is 6.13. The Morgan fingerprint density at radius 3 is 2.26 bits per heavy atom. The largest absolute Gasteiger partial charge is 0.504 e. The topological polar surface area (TPSA) is 142 Å². The number of hydrogen-bond acceptors (Lipinski definition) is 6. The van der Waals surface area contributed by atoms with Gasteiger partial charge in [-0.1, -0.05) is 40.9 Å². The van der Waals surface area contributed by atoms with Crippen LogP contribution in [0.3, 0.4) is 0 Å². The Hall–Kier alpha value is -1.76. The monoisotopic (exact) mass is 529 g/mol. The molecule has 31 heavy (non-hydrogen) atoms. The van der Waals surface area contributed by atoms with E-state index in [1.165, 1.54) is 24.3 Å². The lowest BCUT2D eigenvalue weighted by Gasteiger charge is -2.14. The highest BCUT2D eigenvalue weighted by molar-refractivity contribution is 7.90. The van der Waals surface area contributed by atoms with Gasteiger partial charge in [0.2, 0.25) is 10.0 Å². The first-order valence-electron chi connectivity index (χ1n) is 8.52. The summed E-state index contributed by atoms with van der Waals surface area (Å²) < 4.78 is 49.6. The van der Waals surface area contributed by atoms with Gasteiger partial charge in [-0.2, -0.15) is 0 Å². The minimum atomic E-state index is -4.31. The lowest BCUT2D eigenvalue weighted by atomic mass is 10.3. The number of amides is 2. The molecule has 170 valence electrons. The molecular weight excluding hydrogens is 513 g/mol. The van der Waals surface area contributed by atoms with Gasteiger partial charge < -0.3 is 15.7 Å². The third-order valence-electron chi connectivity index (χ3n) is 3.78. The molecular formula is C17H18Cl3N3O6S2. The molecule has 0 aliphatic carbocycles. The lowest BCUT2D eigenvalue weighted by molar-refractivity contribution is 0.262. The van der Waals surface area contributed by atoms with Gasteiger partial charge in [0.15, 0.2) is 5.75 Å². The van der Waals surface area contributed by atoms with E-state index in [0.717, 1.165) is 6.26 Å². The van der Waals surface area contributed by atoms with Gasteiger partial charge in [-0.3, -0.25) is 0 Å². The van der Waals surface area contributed by atoms with Crippen LogP contribution >= 0.6 is 34.8 Å². The molecule has 0 aromatic heterocycles. The van der Waals surface area contributed by atoms with E-state index in [4.69, 9.17) is 34.8 Å². The van der Waals surface area contributed by atoms with Crippen molar-refractivity contribution < 1.29 is 26.7 Å². The summed E-state index contributed by atoms with van der Waals surface area (Å²) >= 11 is 17.8. The summed E-state index contributed by atoms with van der Waals surface area (Å²) in [5.41, 5.74) is -0.0444. The van der Waals surface area contributed by atoms with Gasteiger partial charge in [0.05, 0.1) is 32.2 Å². The maximum atomic E-state index is 12.5. The Kier molecular flexibility index (Phi) is 8.42. The standard InChI is InChI=1S/C17H18Cl3N3O6S2/c1-30(26,27)9-3-8-21-31(28,29)16-11(19)6-7-13(15(16)24)23-17(25)22-12-5-2-4-10(18)14(12)20/h2,4-7,21,24H,3,8-9H2,1H3,(H2,22,23,25). The van der Waals surface area contributed by atoms with Crippen molar-refractivity contribution in [1.29, 1.82) is 0 Å². The molecule has 2 rings (SSSR count). The fourth-order valence-electron chi connectivity index (χ4n) is 2.39. The molecule has 0 atom stereocenters. The van der Waals surface area contributed by atoms with Gasteiger partial charge >= 0.3 is 6.03 Å². The van der Waals surface area contributed by atoms with E-state index < -0.39 is 36.5 Å². The fraction of sp³-hybridized carbons (Fsp3) is 0.235. The SMILES string of the molecule is CS(=O)(=O)CCCNS(=O)(=O)c1c(Cl)ccc(NC(=O)Nc2cccc(Cl)c2Cl)c1O. The quantitative estimate of drug-likeness (QED) is 0.303. The zero-order valence-corrected chi connectivity index (χ0v) is 19.8. The third-order valence-corrected chi connectivity index (χ3v) is 7.60. The average Bonchev–Trinajstić information content (AvgIpc) is 2.64. The Morgan fingerprint density at radius 2 is 1.61 bits per heavy atom. The number of hydrogen-bond donors (Lipinski definition) is 4. The summed E-state index contributed by atoms with van der Waals surface area (Å²) in [7, 11) is -7.56. The van der Waals surface area contributed by atoms with E-state index in [-0.39, 0.29) is 45.2 Å². The van der Waals surface area contributed by atoms with Gasteiger partial charge in [0.1, 0.15) is 14.7 Å². The van der Waals surface area contributed by atoms with Crippen molar-refractivity contribution in [1.82, 2.24) is 4.72 Å². The minimum absolute atomic E-state index is 0.0250. The molecule has 0 fully saturated rings. The highest BCUT2D eigenvalue weighted by Crippen LogP contribution is 2.37. The first kappa shape index (κ1) is 25.5. The second-order valence-electron chi connectivity index (χ2n) is 6.33. The van der Waals surface area contributed by atoms with Crippen LogP contribution in [0.2, 0.25) is 15.1 Å². The van der Waals surface area contributed by atoms with Gasteiger partial charge in [0, 0.05) is 12.8 Å². The van der Waals surface area contributed by atoms with Crippen molar-refractivity contribution >= 4 is 72.1 Å². The van der Waals surface area contributed by atoms with Crippen molar-refractivity contribution in [3.63, 3.8) is 0 Å². The van der Waals surface area contributed by atoms with E-state index in [0.29, 0.717) is 0 Å². The van der Waals surface area contributed by atoms with Crippen molar-refractivity contribution in [3.05, 3.63) is 45.4 Å². The second kappa shape index (κ2) is 10.2. The zero-order valence-electron chi connectivity index (χ0n) is 15.9. The molecule has 0 radical (unpaired) electrons. The van der Waals surface area contributed by atoms with Crippen LogP contribution < -0.4 is 15.4 Å². The van der Waals surface area contributed by atoms with E-state index in [1.807, 2.05) is 0 Å². The molecule has 0 spiro atoms. The minimum Gasteiger partial charge on any atom is -0.504 e. The number of sulfone groups is 1. The van der Waals surface area contributed by atoms with Crippen LogP contribution in [-0.4, -0.2) is 46.5 Å². The first-order valence-corrected chi connectivity index (χ1v) is 13.2. The number of benzene rings is 2. The third kappa shape index (κ3) is 7.13. The van der Waals surface area contributed by atoms with Crippen LogP contribution in [0.5, 0.6) is 5.75 Å². The predicted octanol–water partition coefficient (Wildman–Crippen LogP) is 3.71. The van der Waals surface area contributed by atoms with Crippen LogP contribution in [0.25, 0.3) is 0 Å². The van der Waals surface area contributed by atoms with Crippen LogP contribution in [0.1, 0.15) is 6.42 Å². The Bertz CT molecular complexity index is 1200. The first-order chi connectivity index (χ1) is 14.3. The number of rotatable bonds is 8. The number of phenolic OH excluding ortho intramolecular Hbond substituents is 1. The molecule has 14 heteroatoms. The number of sulfonamides is 1. The van der Waals surface area contributed by atoms with Crippen LogP contribution in [0.15, 0.2) is 35.2 Å². The average molecular weight is 531 g/mol.